The van der Waals surface area contributed by atoms with Crippen LogP contribution in [-0.2, 0) is 11.2 Å². The first-order valence-corrected chi connectivity index (χ1v) is 7.44. The molecule has 1 amide bonds. The van der Waals surface area contributed by atoms with Gasteiger partial charge in [-0.1, -0.05) is 0 Å². The van der Waals surface area contributed by atoms with E-state index >= 15 is 0 Å². The first-order chi connectivity index (χ1) is 11.0. The molecule has 118 valence electrons. The summed E-state index contributed by atoms with van der Waals surface area (Å²) in [6.45, 7) is 5.92. The number of aryl methyl sites for hydroxylation is 2. The molecule has 6 nitrogen and oxygen atoms in total. The van der Waals surface area contributed by atoms with E-state index in [0.717, 1.165) is 34.0 Å². The third-order valence-electron chi connectivity index (χ3n) is 3.97. The summed E-state index contributed by atoms with van der Waals surface area (Å²) < 4.78 is 2.02. The molecule has 0 saturated heterocycles. The van der Waals surface area contributed by atoms with Crippen LogP contribution in [0, 0.1) is 20.8 Å². The molecule has 2 aromatic heterocycles. The number of carbonyl (C=O) groups excluding carboxylic acids is 1. The third kappa shape index (κ3) is 3.15. The van der Waals surface area contributed by atoms with Crippen molar-refractivity contribution in [2.75, 3.05) is 5.32 Å². The van der Waals surface area contributed by atoms with Gasteiger partial charge >= 0.3 is 0 Å². The van der Waals surface area contributed by atoms with Crippen LogP contribution in [0.25, 0.3) is 5.69 Å². The molecule has 2 N–H and O–H groups in total. The molecule has 0 unspecified atom stereocenters. The van der Waals surface area contributed by atoms with E-state index in [4.69, 9.17) is 0 Å². The Morgan fingerprint density at radius 3 is 2.52 bits per heavy atom. The van der Waals surface area contributed by atoms with Crippen molar-refractivity contribution in [1.82, 2.24) is 19.7 Å². The van der Waals surface area contributed by atoms with Gasteiger partial charge in [0.2, 0.25) is 5.91 Å². The average molecular weight is 309 g/mol. The van der Waals surface area contributed by atoms with E-state index in [1.165, 1.54) is 0 Å². The lowest BCUT2D eigenvalue weighted by Crippen LogP contribution is -2.14. The summed E-state index contributed by atoms with van der Waals surface area (Å²) in [5, 5.41) is 9.66. The molecule has 0 fully saturated rings. The van der Waals surface area contributed by atoms with Crippen LogP contribution in [0.1, 0.15) is 22.6 Å². The molecule has 0 spiro atoms. The van der Waals surface area contributed by atoms with Crippen LogP contribution < -0.4 is 5.32 Å². The molecule has 3 rings (SSSR count). The minimum Gasteiger partial charge on any atom is -0.326 e. The molecule has 0 aliphatic carbocycles. The largest absolute Gasteiger partial charge is 0.326 e. The van der Waals surface area contributed by atoms with Crippen molar-refractivity contribution >= 4 is 11.6 Å². The van der Waals surface area contributed by atoms with Crippen LogP contribution in [0.2, 0.25) is 0 Å². The van der Waals surface area contributed by atoms with Gasteiger partial charge in [-0.15, -0.1) is 0 Å². The van der Waals surface area contributed by atoms with Crippen molar-refractivity contribution in [3.05, 3.63) is 59.4 Å². The van der Waals surface area contributed by atoms with E-state index in [1.807, 2.05) is 49.6 Å². The summed E-state index contributed by atoms with van der Waals surface area (Å²) in [6, 6.07) is 7.72. The minimum atomic E-state index is -0.0584. The molecule has 1 aromatic carbocycles. The lowest BCUT2D eigenvalue weighted by molar-refractivity contribution is -0.115. The topological polar surface area (TPSA) is 75.6 Å². The fourth-order valence-corrected chi connectivity index (χ4v) is 2.40. The van der Waals surface area contributed by atoms with Gasteiger partial charge < -0.3 is 9.88 Å². The van der Waals surface area contributed by atoms with Crippen LogP contribution in [-0.4, -0.2) is 25.7 Å². The number of rotatable bonds is 4. The molecule has 0 saturated carbocycles. The lowest BCUT2D eigenvalue weighted by atomic mass is 10.2. The molecule has 6 heteroatoms. The van der Waals surface area contributed by atoms with Crippen molar-refractivity contribution in [2.45, 2.75) is 27.2 Å². The zero-order valence-corrected chi connectivity index (χ0v) is 13.4. The third-order valence-corrected chi connectivity index (χ3v) is 3.97. The van der Waals surface area contributed by atoms with E-state index in [9.17, 15) is 4.79 Å². The molecule has 0 bridgehead atoms. The number of anilines is 1. The monoisotopic (exact) mass is 309 g/mol. The number of H-pyrrole nitrogens is 1. The summed E-state index contributed by atoms with van der Waals surface area (Å²) in [7, 11) is 0. The van der Waals surface area contributed by atoms with Crippen LogP contribution in [0.5, 0.6) is 0 Å². The van der Waals surface area contributed by atoms with E-state index < -0.39 is 0 Å². The van der Waals surface area contributed by atoms with Gasteiger partial charge in [0.15, 0.2) is 0 Å². The van der Waals surface area contributed by atoms with Crippen molar-refractivity contribution in [2.24, 2.45) is 0 Å². The molecule has 0 aliphatic rings. The molecule has 0 atom stereocenters. The molecular formula is C17H19N5O. The average Bonchev–Trinajstić information content (AvgIpc) is 3.07. The maximum Gasteiger partial charge on any atom is 0.228 e. The zero-order chi connectivity index (χ0) is 16.4. The number of benzene rings is 1. The number of hydrogen-bond acceptors (Lipinski definition) is 3. The molecule has 23 heavy (non-hydrogen) atoms. The van der Waals surface area contributed by atoms with Gasteiger partial charge in [0.1, 0.15) is 0 Å². The summed E-state index contributed by atoms with van der Waals surface area (Å²) in [5.41, 5.74) is 5.74. The highest BCUT2D eigenvalue weighted by atomic mass is 16.1. The van der Waals surface area contributed by atoms with E-state index in [0.29, 0.717) is 6.42 Å². The Kier molecular flexibility index (Phi) is 3.97. The maximum atomic E-state index is 12.1. The van der Waals surface area contributed by atoms with Crippen molar-refractivity contribution in [3.8, 4) is 5.69 Å². The van der Waals surface area contributed by atoms with E-state index in [1.54, 1.807) is 12.5 Å². The smallest absolute Gasteiger partial charge is 0.228 e. The Balaban J connectivity index is 1.69. The number of carbonyl (C=O) groups is 1. The highest BCUT2D eigenvalue weighted by Crippen LogP contribution is 2.17. The number of hydrogen-bond donors (Lipinski definition) is 2. The normalized spacial score (nSPS) is 10.7. The Bertz CT molecular complexity index is 829. The van der Waals surface area contributed by atoms with Crippen LogP contribution in [0.15, 0.2) is 36.8 Å². The van der Waals surface area contributed by atoms with Gasteiger partial charge in [0.05, 0.1) is 24.6 Å². The van der Waals surface area contributed by atoms with Gasteiger partial charge in [0.25, 0.3) is 0 Å². The second kappa shape index (κ2) is 6.08. The van der Waals surface area contributed by atoms with Gasteiger partial charge in [-0.2, -0.15) is 5.10 Å². The molecule has 0 aliphatic heterocycles. The Morgan fingerprint density at radius 2 is 1.96 bits per heavy atom. The van der Waals surface area contributed by atoms with Crippen LogP contribution >= 0.6 is 0 Å². The quantitative estimate of drug-likeness (QED) is 0.778. The zero-order valence-electron chi connectivity index (χ0n) is 13.4. The second-order valence-electron chi connectivity index (χ2n) is 5.58. The number of aromatic amines is 1. The van der Waals surface area contributed by atoms with Crippen molar-refractivity contribution in [1.29, 1.82) is 0 Å². The van der Waals surface area contributed by atoms with E-state index in [2.05, 4.69) is 20.5 Å². The minimum absolute atomic E-state index is 0.0584. The van der Waals surface area contributed by atoms with Gasteiger partial charge in [-0.3, -0.25) is 9.89 Å². The summed E-state index contributed by atoms with van der Waals surface area (Å²) in [4.78, 5) is 16.4. The van der Waals surface area contributed by atoms with Gasteiger partial charge in [-0.25, -0.2) is 4.98 Å². The molecule has 2 heterocycles. The number of nitrogens with one attached hydrogen (secondary N) is 2. The van der Waals surface area contributed by atoms with Gasteiger partial charge in [-0.05, 0) is 45.0 Å². The Labute approximate surface area is 134 Å². The van der Waals surface area contributed by atoms with Crippen molar-refractivity contribution in [3.63, 3.8) is 0 Å². The lowest BCUT2D eigenvalue weighted by Gasteiger charge is -2.08. The number of aromatic nitrogens is 4. The summed E-state index contributed by atoms with van der Waals surface area (Å²) >= 11 is 0. The van der Waals surface area contributed by atoms with Crippen LogP contribution in [0.3, 0.4) is 0 Å². The maximum absolute atomic E-state index is 12.1. The number of imidazole rings is 1. The SMILES string of the molecule is Cc1ncn(-c2ccc(NC(=O)Cc3cn[nH]c3C)cc2)c1C. The second-order valence-corrected chi connectivity index (χ2v) is 5.58. The van der Waals surface area contributed by atoms with E-state index in [-0.39, 0.29) is 5.91 Å². The number of nitrogens with zero attached hydrogens (tertiary/aromatic N) is 3. The van der Waals surface area contributed by atoms with Crippen molar-refractivity contribution < 1.29 is 4.79 Å². The first-order valence-electron chi connectivity index (χ1n) is 7.44. The Hall–Kier alpha value is -2.89. The summed E-state index contributed by atoms with van der Waals surface area (Å²) in [5.74, 6) is -0.0584. The fourth-order valence-electron chi connectivity index (χ4n) is 2.40. The predicted molar refractivity (Wildman–Crippen MR) is 88.7 cm³/mol. The highest BCUT2D eigenvalue weighted by Gasteiger charge is 2.09. The Morgan fingerprint density at radius 1 is 1.22 bits per heavy atom. The molecule has 0 radical (unpaired) electrons. The summed E-state index contributed by atoms with van der Waals surface area (Å²) in [6.07, 6.45) is 3.80. The molecule has 3 aromatic rings. The fraction of sp³-hybridized carbons (Fsp3) is 0.235. The van der Waals surface area contributed by atoms with Crippen LogP contribution in [0.4, 0.5) is 5.69 Å². The highest BCUT2D eigenvalue weighted by molar-refractivity contribution is 5.92. The standard InChI is InChI=1S/C17H19N5O/c1-11-13(3)22(10-18-11)16-6-4-15(5-7-16)20-17(23)8-14-9-19-21-12(14)2/h4-7,9-10H,8H2,1-3H3,(H,19,21)(H,20,23). The predicted octanol–water partition coefficient (Wildman–Crippen LogP) is 2.70. The first kappa shape index (κ1) is 15.0. The molecular weight excluding hydrogens is 290 g/mol. The number of amides is 1. The van der Waals surface area contributed by atoms with Gasteiger partial charge in [0, 0.05) is 28.3 Å².